The first-order chi connectivity index (χ1) is 16.4. The molecule has 7 nitrogen and oxygen atoms in total. The average molecular weight is 453 g/mol. The van der Waals surface area contributed by atoms with Crippen LogP contribution in [-0.4, -0.2) is 35.1 Å². The number of carbonyl (C=O) groups is 2. The highest BCUT2D eigenvalue weighted by Crippen LogP contribution is 2.55. The lowest BCUT2D eigenvalue weighted by Crippen LogP contribution is -2.51. The van der Waals surface area contributed by atoms with Crippen LogP contribution in [0.3, 0.4) is 0 Å². The molecular formula is C27H23N3O4. The van der Waals surface area contributed by atoms with Gasteiger partial charge in [-0.05, 0) is 30.3 Å². The lowest BCUT2D eigenvalue weighted by molar-refractivity contribution is -0.384. The van der Waals surface area contributed by atoms with Crippen molar-refractivity contribution in [3.8, 4) is 0 Å². The van der Waals surface area contributed by atoms with Gasteiger partial charge >= 0.3 is 0 Å². The zero-order valence-corrected chi connectivity index (χ0v) is 18.5. The van der Waals surface area contributed by atoms with Crippen LogP contribution in [-0.2, 0) is 15.1 Å². The average Bonchev–Trinajstić information content (AvgIpc) is 3.33. The molecule has 0 aliphatic carbocycles. The maximum atomic E-state index is 13.9. The van der Waals surface area contributed by atoms with E-state index in [0.717, 1.165) is 11.1 Å². The van der Waals surface area contributed by atoms with Crippen LogP contribution in [0.1, 0.15) is 22.6 Å². The fourth-order valence-corrected chi connectivity index (χ4v) is 5.42. The Morgan fingerprint density at radius 2 is 1.76 bits per heavy atom. The summed E-state index contributed by atoms with van der Waals surface area (Å²) in [6.45, 7) is 0.454. The number of carbonyl (C=O) groups excluding carboxylic acids is 2. The number of allylic oxidation sites excluding steroid dienone is 1. The molecule has 1 N–H and O–H groups in total. The van der Waals surface area contributed by atoms with Gasteiger partial charge < -0.3 is 5.32 Å². The molecule has 0 radical (unpaired) electrons. The van der Waals surface area contributed by atoms with Crippen LogP contribution in [0.4, 0.5) is 11.4 Å². The van der Waals surface area contributed by atoms with Gasteiger partial charge in [0.15, 0.2) is 5.78 Å². The molecule has 3 aromatic rings. The van der Waals surface area contributed by atoms with Gasteiger partial charge in [0, 0.05) is 35.8 Å². The number of nitrogens with one attached hydrogen (secondary N) is 1. The van der Waals surface area contributed by atoms with Crippen LogP contribution in [0, 0.1) is 16.0 Å². The van der Waals surface area contributed by atoms with Crippen molar-refractivity contribution in [1.29, 1.82) is 0 Å². The number of non-ortho nitro benzene ring substituents is 1. The molecule has 3 aromatic carbocycles. The van der Waals surface area contributed by atoms with Gasteiger partial charge in [0.05, 0.1) is 10.8 Å². The number of rotatable bonds is 5. The Morgan fingerprint density at radius 3 is 2.44 bits per heavy atom. The number of hydrogen-bond donors (Lipinski definition) is 1. The minimum absolute atomic E-state index is 0.114. The molecule has 2 heterocycles. The number of nitro groups is 1. The van der Waals surface area contributed by atoms with E-state index >= 15 is 0 Å². The molecule has 0 aromatic heterocycles. The molecule has 2 aliphatic heterocycles. The summed E-state index contributed by atoms with van der Waals surface area (Å²) in [4.78, 5) is 40.4. The largest absolute Gasteiger partial charge is 0.324 e. The van der Waals surface area contributed by atoms with Gasteiger partial charge in [-0.25, -0.2) is 0 Å². The molecule has 3 atom stereocenters. The van der Waals surface area contributed by atoms with Gasteiger partial charge in [-0.1, -0.05) is 66.7 Å². The number of amides is 1. The first-order valence-electron chi connectivity index (χ1n) is 11.1. The molecule has 0 bridgehead atoms. The Labute approximate surface area is 196 Å². The summed E-state index contributed by atoms with van der Waals surface area (Å²) < 4.78 is 0. The predicted molar refractivity (Wildman–Crippen MR) is 129 cm³/mol. The van der Waals surface area contributed by atoms with Gasteiger partial charge in [0.25, 0.3) is 5.69 Å². The van der Waals surface area contributed by atoms with E-state index in [1.807, 2.05) is 65.6 Å². The van der Waals surface area contributed by atoms with E-state index in [1.54, 1.807) is 19.2 Å². The van der Waals surface area contributed by atoms with Crippen LogP contribution in [0.15, 0.2) is 84.9 Å². The minimum atomic E-state index is -1.35. The van der Waals surface area contributed by atoms with Gasteiger partial charge in [-0.3, -0.25) is 24.6 Å². The molecule has 2 aliphatic rings. The van der Waals surface area contributed by atoms with Gasteiger partial charge in [0.2, 0.25) is 5.91 Å². The standard InChI is InChI=1S/C27H23N3O4/c1-29-17-21(19-10-6-3-7-11-19)25(24(31)15-12-18-8-4-2-5-9-18)27(29)22-16-20(30(33)34)13-14-23(22)28-26(27)32/h2-16,21,25H,17H2,1H3,(H,28,32). The number of hydrogen-bond acceptors (Lipinski definition) is 5. The first kappa shape index (κ1) is 21.7. The summed E-state index contributed by atoms with van der Waals surface area (Å²) in [6, 6.07) is 23.5. The van der Waals surface area contributed by atoms with E-state index in [1.165, 1.54) is 18.2 Å². The van der Waals surface area contributed by atoms with E-state index in [2.05, 4.69) is 5.32 Å². The van der Waals surface area contributed by atoms with Crippen LogP contribution < -0.4 is 5.32 Å². The van der Waals surface area contributed by atoms with Crippen molar-refractivity contribution in [3.05, 3.63) is 112 Å². The van der Waals surface area contributed by atoms with Crippen LogP contribution >= 0.6 is 0 Å². The summed E-state index contributed by atoms with van der Waals surface area (Å²) in [7, 11) is 1.80. The number of ketones is 1. The van der Waals surface area contributed by atoms with Crippen LogP contribution in [0.2, 0.25) is 0 Å². The molecule has 170 valence electrons. The smallest absolute Gasteiger partial charge is 0.269 e. The molecule has 3 unspecified atom stereocenters. The Balaban J connectivity index is 1.67. The topological polar surface area (TPSA) is 92.6 Å². The molecule has 1 amide bonds. The number of benzene rings is 3. The van der Waals surface area contributed by atoms with Gasteiger partial charge in [0.1, 0.15) is 5.54 Å². The molecule has 5 rings (SSSR count). The molecule has 1 saturated heterocycles. The summed E-state index contributed by atoms with van der Waals surface area (Å²) >= 11 is 0. The fourth-order valence-electron chi connectivity index (χ4n) is 5.42. The molecule has 7 heteroatoms. The van der Waals surface area contributed by atoms with Crippen molar-refractivity contribution in [3.63, 3.8) is 0 Å². The number of likely N-dealkylation sites (N-methyl/N-ethyl adjacent to an activating group) is 1. The third-order valence-corrected chi connectivity index (χ3v) is 6.92. The van der Waals surface area contributed by atoms with Gasteiger partial charge in [-0.2, -0.15) is 0 Å². The van der Waals surface area contributed by atoms with E-state index in [9.17, 15) is 19.7 Å². The Bertz CT molecular complexity index is 1310. The normalized spacial score (nSPS) is 23.9. The molecule has 1 spiro atoms. The highest BCUT2D eigenvalue weighted by Gasteiger charge is 2.64. The number of anilines is 1. The number of nitro benzene ring substituents is 1. The van der Waals surface area contributed by atoms with Crippen molar-refractivity contribution in [1.82, 2.24) is 4.90 Å². The zero-order chi connectivity index (χ0) is 23.9. The second-order valence-corrected chi connectivity index (χ2v) is 8.73. The number of nitrogens with zero attached hydrogens (tertiary/aromatic N) is 2. The van der Waals surface area contributed by atoms with Crippen LogP contribution in [0.25, 0.3) is 6.08 Å². The van der Waals surface area contributed by atoms with Gasteiger partial charge in [-0.15, -0.1) is 0 Å². The Morgan fingerprint density at radius 1 is 1.09 bits per heavy atom. The van der Waals surface area contributed by atoms with Crippen molar-refractivity contribution >= 4 is 29.1 Å². The third kappa shape index (κ3) is 3.33. The van der Waals surface area contributed by atoms with E-state index in [-0.39, 0.29) is 23.3 Å². The quantitative estimate of drug-likeness (QED) is 0.352. The highest BCUT2D eigenvalue weighted by molar-refractivity contribution is 6.11. The summed E-state index contributed by atoms with van der Waals surface area (Å²) in [5, 5.41) is 14.4. The maximum Gasteiger partial charge on any atom is 0.269 e. The van der Waals surface area contributed by atoms with Crippen LogP contribution in [0.5, 0.6) is 0 Å². The lowest BCUT2D eigenvalue weighted by Gasteiger charge is -2.34. The molecule has 0 saturated carbocycles. The fraction of sp³-hybridized carbons (Fsp3) is 0.185. The van der Waals surface area contributed by atoms with Crippen molar-refractivity contribution in [2.75, 3.05) is 18.9 Å². The van der Waals surface area contributed by atoms with E-state index < -0.39 is 16.4 Å². The molecule has 34 heavy (non-hydrogen) atoms. The molecular weight excluding hydrogens is 430 g/mol. The summed E-state index contributed by atoms with van der Waals surface area (Å²) in [5.41, 5.74) is 1.33. The lowest BCUT2D eigenvalue weighted by atomic mass is 9.71. The Kier molecular flexibility index (Phi) is 5.34. The first-order valence-corrected chi connectivity index (χ1v) is 11.1. The maximum absolute atomic E-state index is 13.9. The number of fused-ring (bicyclic) bond motifs is 2. The van der Waals surface area contributed by atoms with E-state index in [4.69, 9.17) is 0 Å². The summed E-state index contributed by atoms with van der Waals surface area (Å²) in [6.07, 6.45) is 3.27. The monoisotopic (exact) mass is 453 g/mol. The highest BCUT2D eigenvalue weighted by atomic mass is 16.6. The summed E-state index contributed by atoms with van der Waals surface area (Å²) in [5.74, 6) is -1.56. The molecule has 1 fully saturated rings. The third-order valence-electron chi connectivity index (χ3n) is 6.92. The van der Waals surface area contributed by atoms with Crippen molar-refractivity contribution < 1.29 is 14.5 Å². The van der Waals surface area contributed by atoms with E-state index in [0.29, 0.717) is 17.8 Å². The minimum Gasteiger partial charge on any atom is -0.324 e. The second-order valence-electron chi connectivity index (χ2n) is 8.73. The second kappa shape index (κ2) is 8.35. The number of likely N-dealkylation sites (tertiary alicyclic amines) is 1. The zero-order valence-electron chi connectivity index (χ0n) is 18.5. The SMILES string of the molecule is CN1CC(c2ccccc2)C(C(=O)C=Cc2ccccc2)C12C(=O)Nc1ccc([N+](=O)[O-])cc12. The van der Waals surface area contributed by atoms with Crippen molar-refractivity contribution in [2.45, 2.75) is 11.5 Å². The Hall–Kier alpha value is -4.10. The van der Waals surface area contributed by atoms with Crippen molar-refractivity contribution in [2.24, 2.45) is 5.92 Å². The predicted octanol–water partition coefficient (Wildman–Crippen LogP) is 4.37.